The van der Waals surface area contributed by atoms with E-state index in [1.165, 1.54) is 5.56 Å². The molecule has 1 aromatic carbocycles. The Balaban J connectivity index is 0.00000156. The normalized spacial score (nSPS) is 24.2. The first-order valence-corrected chi connectivity index (χ1v) is 8.66. The number of hydrogen-bond acceptors (Lipinski definition) is 4. The third-order valence-electron chi connectivity index (χ3n) is 4.95. The third kappa shape index (κ3) is 6.76. The van der Waals surface area contributed by atoms with Gasteiger partial charge in [0.25, 0.3) is 0 Å². The molecule has 0 spiro atoms. The Bertz CT molecular complexity index is 510. The second-order valence-corrected chi connectivity index (χ2v) is 6.80. The molecule has 2 heterocycles. The molecule has 142 valence electrons. The average molecular weight is 390 g/mol. The topological polar surface area (TPSA) is 64.6 Å². The first-order chi connectivity index (χ1) is 11.2. The van der Waals surface area contributed by atoms with Crippen molar-refractivity contribution in [3.8, 4) is 0 Å². The number of aliphatic hydroxyl groups excluding tert-OH is 1. The van der Waals surface area contributed by atoms with Crippen LogP contribution in [-0.4, -0.2) is 54.2 Å². The molecule has 5 nitrogen and oxygen atoms in total. The number of carbonyl (C=O) groups is 1. The Kier molecular flexibility index (Phi) is 9.75. The summed E-state index contributed by atoms with van der Waals surface area (Å²) in [4.78, 5) is 14.5. The molecule has 2 unspecified atom stereocenters. The summed E-state index contributed by atoms with van der Waals surface area (Å²) in [6.45, 7) is 4.48. The molecule has 0 saturated carbocycles. The number of amides is 1. The summed E-state index contributed by atoms with van der Waals surface area (Å²) in [5, 5.41) is 15.6. The van der Waals surface area contributed by atoms with E-state index in [1.54, 1.807) is 0 Å². The molecule has 2 saturated heterocycles. The van der Waals surface area contributed by atoms with Gasteiger partial charge in [-0.05, 0) is 43.8 Å². The molecule has 25 heavy (non-hydrogen) atoms. The third-order valence-corrected chi connectivity index (χ3v) is 4.95. The average Bonchev–Trinajstić information content (AvgIpc) is 3.01. The van der Waals surface area contributed by atoms with Crippen LogP contribution in [0.1, 0.15) is 24.8 Å². The Morgan fingerprint density at radius 3 is 2.48 bits per heavy atom. The minimum atomic E-state index is -0.382. The van der Waals surface area contributed by atoms with E-state index in [2.05, 4.69) is 45.9 Å². The smallest absolute Gasteiger partial charge is 0.237 e. The van der Waals surface area contributed by atoms with Gasteiger partial charge in [-0.1, -0.05) is 30.3 Å². The van der Waals surface area contributed by atoms with Crippen molar-refractivity contribution in [2.75, 3.05) is 26.2 Å². The SMILES string of the molecule is Cl.Cl.O=C(NCC1CCN(Cc2ccccc2)CC1)C1CC(O)CN1. The Morgan fingerprint density at radius 2 is 1.88 bits per heavy atom. The lowest BCUT2D eigenvalue weighted by Crippen LogP contribution is -2.44. The van der Waals surface area contributed by atoms with Gasteiger partial charge >= 0.3 is 0 Å². The van der Waals surface area contributed by atoms with E-state index in [4.69, 9.17) is 0 Å². The quantitative estimate of drug-likeness (QED) is 0.715. The first kappa shape index (κ1) is 22.2. The minimum absolute atomic E-state index is 0. The summed E-state index contributed by atoms with van der Waals surface area (Å²) in [5.74, 6) is 0.602. The van der Waals surface area contributed by atoms with Gasteiger partial charge in [-0.3, -0.25) is 9.69 Å². The fourth-order valence-electron chi connectivity index (χ4n) is 3.48. The number of β-amino-alcohol motifs (C(OH)–C–C–N with tert-alkyl or cyclic N) is 1. The number of likely N-dealkylation sites (tertiary alicyclic amines) is 1. The molecule has 2 aliphatic heterocycles. The van der Waals surface area contributed by atoms with Crippen molar-refractivity contribution in [1.82, 2.24) is 15.5 Å². The number of nitrogens with one attached hydrogen (secondary N) is 2. The molecular weight excluding hydrogens is 361 g/mol. The highest BCUT2D eigenvalue weighted by atomic mass is 35.5. The summed E-state index contributed by atoms with van der Waals surface area (Å²) in [7, 11) is 0. The number of aliphatic hydroxyl groups is 1. The summed E-state index contributed by atoms with van der Waals surface area (Å²) in [5.41, 5.74) is 1.37. The van der Waals surface area contributed by atoms with Crippen LogP contribution in [0.25, 0.3) is 0 Å². The molecule has 0 aromatic heterocycles. The lowest BCUT2D eigenvalue weighted by molar-refractivity contribution is -0.123. The van der Waals surface area contributed by atoms with Gasteiger partial charge in [0.15, 0.2) is 0 Å². The van der Waals surface area contributed by atoms with Crippen molar-refractivity contribution in [3.05, 3.63) is 35.9 Å². The maximum Gasteiger partial charge on any atom is 0.237 e. The van der Waals surface area contributed by atoms with Crippen molar-refractivity contribution in [3.63, 3.8) is 0 Å². The van der Waals surface area contributed by atoms with Crippen molar-refractivity contribution in [2.24, 2.45) is 5.92 Å². The zero-order chi connectivity index (χ0) is 16.1. The van der Waals surface area contributed by atoms with Crippen LogP contribution in [0.3, 0.4) is 0 Å². The van der Waals surface area contributed by atoms with E-state index in [0.717, 1.165) is 39.0 Å². The minimum Gasteiger partial charge on any atom is -0.392 e. The Morgan fingerprint density at radius 1 is 1.20 bits per heavy atom. The van der Waals surface area contributed by atoms with Crippen LogP contribution in [0.5, 0.6) is 0 Å². The van der Waals surface area contributed by atoms with Gasteiger partial charge in [0.05, 0.1) is 12.1 Å². The number of halogens is 2. The number of nitrogens with zero attached hydrogens (tertiary/aromatic N) is 1. The van der Waals surface area contributed by atoms with E-state index in [-0.39, 0.29) is 42.9 Å². The molecule has 2 fully saturated rings. The monoisotopic (exact) mass is 389 g/mol. The van der Waals surface area contributed by atoms with Crippen molar-refractivity contribution < 1.29 is 9.90 Å². The van der Waals surface area contributed by atoms with Gasteiger partial charge < -0.3 is 15.7 Å². The molecule has 2 atom stereocenters. The van der Waals surface area contributed by atoms with Gasteiger partial charge in [0.2, 0.25) is 5.91 Å². The predicted molar refractivity (Wildman–Crippen MR) is 104 cm³/mol. The van der Waals surface area contributed by atoms with Crippen LogP contribution in [0.15, 0.2) is 30.3 Å². The fraction of sp³-hybridized carbons (Fsp3) is 0.611. The number of carbonyl (C=O) groups excluding carboxylic acids is 1. The van der Waals surface area contributed by atoms with E-state index in [0.29, 0.717) is 18.9 Å². The predicted octanol–water partition coefficient (Wildman–Crippen LogP) is 1.58. The highest BCUT2D eigenvalue weighted by Crippen LogP contribution is 2.18. The molecule has 0 bridgehead atoms. The number of benzene rings is 1. The summed E-state index contributed by atoms with van der Waals surface area (Å²) < 4.78 is 0. The Hall–Kier alpha value is -0.850. The molecule has 3 rings (SSSR count). The van der Waals surface area contributed by atoms with E-state index >= 15 is 0 Å². The maximum atomic E-state index is 12.0. The zero-order valence-corrected chi connectivity index (χ0v) is 16.0. The molecule has 2 aliphatic rings. The van der Waals surface area contributed by atoms with Gasteiger partial charge in [-0.15, -0.1) is 24.8 Å². The standard InChI is InChI=1S/C18H27N3O2.2ClH/c22-16-10-17(19-12-16)18(23)20-11-14-6-8-21(9-7-14)13-15-4-2-1-3-5-15;;/h1-5,14,16-17,19,22H,6-13H2,(H,20,23);2*1H. The van der Waals surface area contributed by atoms with Gasteiger partial charge in [-0.2, -0.15) is 0 Å². The molecule has 0 radical (unpaired) electrons. The highest BCUT2D eigenvalue weighted by Gasteiger charge is 2.28. The molecule has 1 amide bonds. The van der Waals surface area contributed by atoms with Crippen LogP contribution in [0, 0.1) is 5.92 Å². The van der Waals surface area contributed by atoms with Crippen LogP contribution in [0.2, 0.25) is 0 Å². The van der Waals surface area contributed by atoms with E-state index < -0.39 is 0 Å². The molecular formula is C18H29Cl2N3O2. The summed E-state index contributed by atoms with van der Waals surface area (Å²) in [6.07, 6.45) is 2.41. The fourth-order valence-corrected chi connectivity index (χ4v) is 3.48. The van der Waals surface area contributed by atoms with Crippen LogP contribution in [0.4, 0.5) is 0 Å². The largest absolute Gasteiger partial charge is 0.392 e. The maximum absolute atomic E-state index is 12.0. The number of hydrogen-bond donors (Lipinski definition) is 3. The molecule has 1 aromatic rings. The van der Waals surface area contributed by atoms with Crippen molar-refractivity contribution in [1.29, 1.82) is 0 Å². The molecule has 3 N–H and O–H groups in total. The van der Waals surface area contributed by atoms with E-state index in [1.807, 2.05) is 0 Å². The van der Waals surface area contributed by atoms with Crippen molar-refractivity contribution in [2.45, 2.75) is 38.0 Å². The highest BCUT2D eigenvalue weighted by molar-refractivity contribution is 5.85. The van der Waals surface area contributed by atoms with Gasteiger partial charge in [-0.25, -0.2) is 0 Å². The lowest BCUT2D eigenvalue weighted by Gasteiger charge is -2.32. The second kappa shape index (κ2) is 11.0. The van der Waals surface area contributed by atoms with Crippen molar-refractivity contribution >= 4 is 30.7 Å². The first-order valence-electron chi connectivity index (χ1n) is 8.66. The number of piperidine rings is 1. The van der Waals surface area contributed by atoms with Gasteiger partial charge in [0, 0.05) is 19.6 Å². The lowest BCUT2D eigenvalue weighted by atomic mass is 9.96. The molecule has 0 aliphatic carbocycles. The number of rotatable bonds is 5. The zero-order valence-electron chi connectivity index (χ0n) is 14.4. The van der Waals surface area contributed by atoms with Crippen LogP contribution < -0.4 is 10.6 Å². The van der Waals surface area contributed by atoms with Crippen LogP contribution in [-0.2, 0) is 11.3 Å². The summed E-state index contributed by atoms with van der Waals surface area (Å²) in [6, 6.07) is 10.4. The second-order valence-electron chi connectivity index (χ2n) is 6.80. The van der Waals surface area contributed by atoms with Gasteiger partial charge in [0.1, 0.15) is 0 Å². The van der Waals surface area contributed by atoms with Crippen LogP contribution >= 0.6 is 24.8 Å². The Labute approximate surface area is 162 Å². The molecule has 7 heteroatoms. The summed E-state index contributed by atoms with van der Waals surface area (Å²) >= 11 is 0. The van der Waals surface area contributed by atoms with E-state index in [9.17, 15) is 9.90 Å².